The van der Waals surface area contributed by atoms with Crippen molar-refractivity contribution in [2.45, 2.75) is 13.0 Å². The molecule has 0 aliphatic carbocycles. The molecule has 5 heteroatoms. The first-order chi connectivity index (χ1) is 10.2. The fourth-order valence-corrected chi connectivity index (χ4v) is 1.94. The van der Waals surface area contributed by atoms with Crippen LogP contribution in [-0.4, -0.2) is 17.6 Å². The molecule has 1 aromatic carbocycles. The summed E-state index contributed by atoms with van der Waals surface area (Å²) >= 11 is 5.76. The second kappa shape index (κ2) is 7.53. The first-order valence-corrected chi connectivity index (χ1v) is 6.79. The number of rotatable bonds is 4. The topological polar surface area (TPSA) is 62.5 Å². The van der Waals surface area contributed by atoms with Crippen LogP contribution in [0.15, 0.2) is 41.0 Å². The number of amides is 1. The normalized spacial score (nSPS) is 9.81. The van der Waals surface area contributed by atoms with Crippen molar-refractivity contribution in [1.29, 1.82) is 0 Å². The molecule has 1 aromatic heterocycles. The molecule has 21 heavy (non-hydrogen) atoms. The lowest BCUT2D eigenvalue weighted by Crippen LogP contribution is -2.23. The van der Waals surface area contributed by atoms with Gasteiger partial charge in [0.05, 0.1) is 18.4 Å². The average Bonchev–Trinajstić information content (AvgIpc) is 2.92. The number of aliphatic hydroxyl groups is 1. The van der Waals surface area contributed by atoms with Crippen molar-refractivity contribution in [3.8, 4) is 11.8 Å². The van der Waals surface area contributed by atoms with E-state index in [1.54, 1.807) is 0 Å². The highest BCUT2D eigenvalue weighted by atomic mass is 35.5. The summed E-state index contributed by atoms with van der Waals surface area (Å²) in [7, 11) is 0. The number of furan rings is 1. The van der Waals surface area contributed by atoms with Gasteiger partial charge in [-0.2, -0.15) is 0 Å². The summed E-state index contributed by atoms with van der Waals surface area (Å²) in [5.41, 5.74) is 2.03. The standard InChI is InChI=1S/C16H14ClNO3/c17-15-14(8-10-21-15)16(20)18-11-13-7-2-1-5-12(13)6-3-4-9-19/h1-2,5,7-8,10,19H,4,9,11H2,(H,18,20). The number of nitrogens with one attached hydrogen (secondary N) is 1. The zero-order valence-corrected chi connectivity index (χ0v) is 12.0. The largest absolute Gasteiger partial charge is 0.452 e. The summed E-state index contributed by atoms with van der Waals surface area (Å²) in [6, 6.07) is 9.03. The van der Waals surface area contributed by atoms with Crippen molar-refractivity contribution >= 4 is 17.5 Å². The van der Waals surface area contributed by atoms with Crippen molar-refractivity contribution in [3.63, 3.8) is 0 Å². The van der Waals surface area contributed by atoms with Crippen molar-refractivity contribution in [2.24, 2.45) is 0 Å². The quantitative estimate of drug-likeness (QED) is 0.853. The van der Waals surface area contributed by atoms with E-state index in [1.807, 2.05) is 24.3 Å². The Morgan fingerprint density at radius 1 is 1.33 bits per heavy atom. The van der Waals surface area contributed by atoms with Gasteiger partial charge in [0.1, 0.15) is 0 Å². The number of halogens is 1. The molecule has 0 aliphatic rings. The lowest BCUT2D eigenvalue weighted by Gasteiger charge is -2.06. The smallest absolute Gasteiger partial charge is 0.256 e. The summed E-state index contributed by atoms with van der Waals surface area (Å²) in [5.74, 6) is 5.55. The van der Waals surface area contributed by atoms with Gasteiger partial charge in [-0.25, -0.2) is 0 Å². The molecule has 0 saturated heterocycles. The van der Waals surface area contributed by atoms with Gasteiger partial charge in [-0.3, -0.25) is 4.79 Å². The molecule has 0 atom stereocenters. The molecule has 2 rings (SSSR count). The number of carbonyl (C=O) groups is 1. The third-order valence-corrected chi connectivity index (χ3v) is 3.07. The number of aliphatic hydroxyl groups excluding tert-OH is 1. The molecule has 0 saturated carbocycles. The molecule has 2 N–H and O–H groups in total. The zero-order chi connectivity index (χ0) is 15.1. The summed E-state index contributed by atoms with van der Waals surface area (Å²) in [4.78, 5) is 11.9. The molecular formula is C16H14ClNO3. The van der Waals surface area contributed by atoms with Gasteiger partial charge < -0.3 is 14.8 Å². The van der Waals surface area contributed by atoms with E-state index in [2.05, 4.69) is 17.2 Å². The maximum atomic E-state index is 11.9. The Morgan fingerprint density at radius 3 is 2.86 bits per heavy atom. The first-order valence-electron chi connectivity index (χ1n) is 6.41. The highest BCUT2D eigenvalue weighted by Gasteiger charge is 2.12. The zero-order valence-electron chi connectivity index (χ0n) is 11.2. The lowest BCUT2D eigenvalue weighted by molar-refractivity contribution is 0.0950. The van der Waals surface area contributed by atoms with Gasteiger partial charge in [-0.1, -0.05) is 30.0 Å². The number of benzene rings is 1. The maximum absolute atomic E-state index is 11.9. The summed E-state index contributed by atoms with van der Waals surface area (Å²) in [6.07, 6.45) is 1.79. The Morgan fingerprint density at radius 2 is 2.14 bits per heavy atom. The van der Waals surface area contributed by atoms with Gasteiger partial charge in [0.25, 0.3) is 5.91 Å². The van der Waals surface area contributed by atoms with Crippen LogP contribution in [0.25, 0.3) is 0 Å². The van der Waals surface area contributed by atoms with Crippen LogP contribution in [0, 0.1) is 11.8 Å². The average molecular weight is 304 g/mol. The van der Waals surface area contributed by atoms with Crippen LogP contribution < -0.4 is 5.32 Å². The summed E-state index contributed by atoms with van der Waals surface area (Å²) in [5, 5.41) is 11.6. The Hall–Kier alpha value is -2.22. The third-order valence-electron chi connectivity index (χ3n) is 2.78. The highest BCUT2D eigenvalue weighted by molar-refractivity contribution is 6.32. The molecule has 4 nitrogen and oxygen atoms in total. The van der Waals surface area contributed by atoms with Crippen LogP contribution in [-0.2, 0) is 6.54 Å². The molecule has 2 aromatic rings. The lowest BCUT2D eigenvalue weighted by atomic mass is 10.1. The van der Waals surface area contributed by atoms with Crippen LogP contribution in [0.5, 0.6) is 0 Å². The molecule has 108 valence electrons. The van der Waals surface area contributed by atoms with Crippen LogP contribution in [0.4, 0.5) is 0 Å². The Kier molecular flexibility index (Phi) is 5.44. The van der Waals surface area contributed by atoms with E-state index >= 15 is 0 Å². The number of carbonyl (C=O) groups excluding carboxylic acids is 1. The fraction of sp³-hybridized carbons (Fsp3) is 0.188. The highest BCUT2D eigenvalue weighted by Crippen LogP contribution is 2.16. The van der Waals surface area contributed by atoms with E-state index in [0.717, 1.165) is 11.1 Å². The number of hydrogen-bond donors (Lipinski definition) is 2. The second-order valence-corrected chi connectivity index (χ2v) is 4.57. The molecular weight excluding hydrogens is 290 g/mol. The molecule has 1 amide bonds. The van der Waals surface area contributed by atoms with Crippen molar-refractivity contribution in [1.82, 2.24) is 5.32 Å². The van der Waals surface area contributed by atoms with E-state index in [-0.39, 0.29) is 17.7 Å². The number of hydrogen-bond acceptors (Lipinski definition) is 3. The van der Waals surface area contributed by atoms with Crippen molar-refractivity contribution < 1.29 is 14.3 Å². The van der Waals surface area contributed by atoms with Gasteiger partial charge >= 0.3 is 0 Å². The van der Waals surface area contributed by atoms with Gasteiger partial charge in [-0.05, 0) is 29.3 Å². The third kappa shape index (κ3) is 4.12. The monoisotopic (exact) mass is 303 g/mol. The Bertz CT molecular complexity index is 682. The molecule has 0 spiro atoms. The SMILES string of the molecule is O=C(NCc1ccccc1C#CCCO)c1ccoc1Cl. The van der Waals surface area contributed by atoms with Gasteiger partial charge in [-0.15, -0.1) is 0 Å². The van der Waals surface area contributed by atoms with Crippen LogP contribution in [0.3, 0.4) is 0 Å². The second-order valence-electron chi connectivity index (χ2n) is 4.22. The van der Waals surface area contributed by atoms with Crippen LogP contribution in [0.2, 0.25) is 5.22 Å². The van der Waals surface area contributed by atoms with Crippen LogP contribution >= 0.6 is 11.6 Å². The molecule has 0 fully saturated rings. The minimum atomic E-state index is -0.299. The van der Waals surface area contributed by atoms with E-state index in [4.69, 9.17) is 21.1 Å². The minimum Gasteiger partial charge on any atom is -0.452 e. The Labute approximate surface area is 127 Å². The van der Waals surface area contributed by atoms with E-state index in [1.165, 1.54) is 12.3 Å². The van der Waals surface area contributed by atoms with Crippen LogP contribution in [0.1, 0.15) is 27.9 Å². The predicted octanol–water partition coefficient (Wildman–Crippen LogP) is 2.60. The van der Waals surface area contributed by atoms with Gasteiger partial charge in [0.15, 0.2) is 0 Å². The van der Waals surface area contributed by atoms with Crippen molar-refractivity contribution in [2.75, 3.05) is 6.61 Å². The minimum absolute atomic E-state index is 0.0326. The molecule has 1 heterocycles. The maximum Gasteiger partial charge on any atom is 0.256 e. The summed E-state index contributed by atoms with van der Waals surface area (Å²) < 4.78 is 4.89. The van der Waals surface area contributed by atoms with E-state index in [0.29, 0.717) is 18.5 Å². The van der Waals surface area contributed by atoms with E-state index in [9.17, 15) is 4.79 Å². The molecule has 0 radical (unpaired) electrons. The van der Waals surface area contributed by atoms with E-state index < -0.39 is 0 Å². The Balaban J connectivity index is 2.05. The molecule has 0 bridgehead atoms. The van der Waals surface area contributed by atoms with Gasteiger partial charge in [0, 0.05) is 18.5 Å². The van der Waals surface area contributed by atoms with Gasteiger partial charge in [0.2, 0.25) is 5.22 Å². The van der Waals surface area contributed by atoms with Crippen molar-refractivity contribution in [3.05, 3.63) is 58.5 Å². The fourth-order valence-electron chi connectivity index (χ4n) is 1.74. The first kappa shape index (κ1) is 15.2. The molecule has 0 unspecified atom stereocenters. The molecule has 0 aliphatic heterocycles. The predicted molar refractivity (Wildman–Crippen MR) is 79.9 cm³/mol. The summed E-state index contributed by atoms with van der Waals surface area (Å²) in [6.45, 7) is 0.370.